The van der Waals surface area contributed by atoms with Gasteiger partial charge < -0.3 is 14.9 Å². The summed E-state index contributed by atoms with van der Waals surface area (Å²) in [5.41, 5.74) is 0. The summed E-state index contributed by atoms with van der Waals surface area (Å²) in [4.78, 5) is 23.2. The Bertz CT molecular complexity index is 294. The van der Waals surface area contributed by atoms with Gasteiger partial charge in [0.25, 0.3) is 0 Å². The Morgan fingerprint density at radius 2 is 2.50 bits per heavy atom. The highest BCUT2D eigenvalue weighted by Gasteiger charge is 2.12. The van der Waals surface area contributed by atoms with Gasteiger partial charge in [-0.25, -0.2) is 4.57 Å². The van der Waals surface area contributed by atoms with Crippen LogP contribution in [0.2, 0.25) is 0 Å². The van der Waals surface area contributed by atoms with Gasteiger partial charge in [-0.15, -0.1) is 0 Å². The Labute approximate surface area is 68.0 Å². The number of rotatable bonds is 4. The Balaban J connectivity index is 2.76. The molecule has 6 nitrogen and oxygen atoms in total. The predicted molar refractivity (Wildman–Crippen MR) is 39.6 cm³/mol. The minimum Gasteiger partial charge on any atom is -0.390 e. The van der Waals surface area contributed by atoms with Crippen molar-refractivity contribution in [2.75, 3.05) is 0 Å². The standard InChI is InChI=1S/C6H7N3O3/c10-5-1-3-8-4-2-7-6(8)9(11)12/h2,4-5H,1,3H2. The van der Waals surface area contributed by atoms with Crippen LogP contribution in [0.3, 0.4) is 0 Å². The highest BCUT2D eigenvalue weighted by molar-refractivity contribution is 5.49. The number of aryl methyl sites for hydroxylation is 1. The Kier molecular flexibility index (Phi) is 2.52. The van der Waals surface area contributed by atoms with Crippen molar-refractivity contribution in [2.45, 2.75) is 13.0 Å². The van der Waals surface area contributed by atoms with Crippen molar-refractivity contribution in [1.29, 1.82) is 0 Å². The van der Waals surface area contributed by atoms with E-state index in [1.54, 1.807) is 0 Å². The number of carbonyl (C=O) groups excluding carboxylic acids is 1. The van der Waals surface area contributed by atoms with E-state index in [-0.39, 0.29) is 12.4 Å². The van der Waals surface area contributed by atoms with Crippen LogP contribution in [0.15, 0.2) is 12.4 Å². The third-order valence-corrected chi connectivity index (χ3v) is 1.34. The Morgan fingerprint density at radius 1 is 1.75 bits per heavy atom. The number of hydrogen-bond acceptors (Lipinski definition) is 4. The van der Waals surface area contributed by atoms with Crippen molar-refractivity contribution in [3.63, 3.8) is 0 Å². The van der Waals surface area contributed by atoms with Crippen LogP contribution in [0.25, 0.3) is 0 Å². The van der Waals surface area contributed by atoms with Gasteiger partial charge in [0, 0.05) is 6.42 Å². The fourth-order valence-corrected chi connectivity index (χ4v) is 0.840. The van der Waals surface area contributed by atoms with Gasteiger partial charge in [0.2, 0.25) is 0 Å². The molecule has 64 valence electrons. The predicted octanol–water partition coefficient (Wildman–Crippen LogP) is 0.380. The molecule has 0 aliphatic heterocycles. The summed E-state index contributed by atoms with van der Waals surface area (Å²) in [5, 5.41) is 10.3. The second-order valence-electron chi connectivity index (χ2n) is 2.13. The molecule has 1 aromatic heterocycles. The molecule has 0 fully saturated rings. The van der Waals surface area contributed by atoms with E-state index < -0.39 is 4.92 Å². The number of aldehydes is 1. The molecule has 0 bridgehead atoms. The number of nitrogens with zero attached hydrogens (tertiary/aromatic N) is 3. The van der Waals surface area contributed by atoms with E-state index in [2.05, 4.69) is 4.98 Å². The van der Waals surface area contributed by atoms with Gasteiger partial charge >= 0.3 is 5.95 Å². The van der Waals surface area contributed by atoms with Crippen molar-refractivity contribution < 1.29 is 9.72 Å². The highest BCUT2D eigenvalue weighted by atomic mass is 16.6. The lowest BCUT2D eigenvalue weighted by Crippen LogP contribution is -2.03. The van der Waals surface area contributed by atoms with Crippen molar-refractivity contribution >= 4 is 12.2 Å². The molecule has 1 rings (SSSR count). The lowest BCUT2D eigenvalue weighted by molar-refractivity contribution is -0.396. The first-order valence-electron chi connectivity index (χ1n) is 3.35. The molecule has 0 unspecified atom stereocenters. The maximum absolute atomic E-state index is 10.3. The fraction of sp³-hybridized carbons (Fsp3) is 0.333. The molecule has 0 saturated carbocycles. The van der Waals surface area contributed by atoms with E-state index in [1.807, 2.05) is 0 Å². The minimum atomic E-state index is -0.579. The summed E-state index contributed by atoms with van der Waals surface area (Å²) in [7, 11) is 0. The van der Waals surface area contributed by atoms with Crippen molar-refractivity contribution in [2.24, 2.45) is 0 Å². The van der Waals surface area contributed by atoms with Gasteiger partial charge in [-0.05, 0) is 4.92 Å². The summed E-state index contributed by atoms with van der Waals surface area (Å²) in [5.74, 6) is -0.225. The molecule has 1 heterocycles. The molecule has 0 saturated heterocycles. The minimum absolute atomic E-state index is 0.225. The van der Waals surface area contributed by atoms with Crippen LogP contribution < -0.4 is 0 Å². The monoisotopic (exact) mass is 169 g/mol. The topological polar surface area (TPSA) is 78.0 Å². The molecule has 12 heavy (non-hydrogen) atoms. The van der Waals surface area contributed by atoms with Gasteiger partial charge in [0.05, 0.1) is 6.54 Å². The zero-order valence-corrected chi connectivity index (χ0v) is 6.21. The quantitative estimate of drug-likeness (QED) is 0.371. The molecule has 0 N–H and O–H groups in total. The molecule has 0 aromatic carbocycles. The highest BCUT2D eigenvalue weighted by Crippen LogP contribution is 2.06. The SMILES string of the molecule is O=CCCn1ccnc1[N+](=O)[O-]. The van der Waals surface area contributed by atoms with E-state index in [0.29, 0.717) is 12.8 Å². The molecule has 0 amide bonds. The summed E-state index contributed by atoms with van der Waals surface area (Å²) < 4.78 is 1.33. The maximum atomic E-state index is 10.3. The summed E-state index contributed by atoms with van der Waals surface area (Å²) in [6.07, 6.45) is 3.78. The third kappa shape index (κ3) is 1.66. The number of imidazole rings is 1. The van der Waals surface area contributed by atoms with Gasteiger partial charge in [0.1, 0.15) is 18.7 Å². The molecule has 0 radical (unpaired) electrons. The van der Waals surface area contributed by atoms with Gasteiger partial charge in [0.15, 0.2) is 0 Å². The first kappa shape index (κ1) is 8.38. The van der Waals surface area contributed by atoms with Crippen LogP contribution >= 0.6 is 0 Å². The van der Waals surface area contributed by atoms with E-state index in [0.717, 1.165) is 0 Å². The third-order valence-electron chi connectivity index (χ3n) is 1.34. The lowest BCUT2D eigenvalue weighted by Gasteiger charge is -1.96. The summed E-state index contributed by atoms with van der Waals surface area (Å²) in [6, 6.07) is 0. The molecule has 0 aliphatic carbocycles. The normalized spacial score (nSPS) is 9.67. The fourth-order valence-electron chi connectivity index (χ4n) is 0.840. The summed E-state index contributed by atoms with van der Waals surface area (Å²) in [6.45, 7) is 0.305. The van der Waals surface area contributed by atoms with E-state index in [1.165, 1.54) is 17.0 Å². The zero-order chi connectivity index (χ0) is 8.97. The van der Waals surface area contributed by atoms with Gasteiger partial charge in [-0.1, -0.05) is 4.98 Å². The second kappa shape index (κ2) is 3.61. The van der Waals surface area contributed by atoms with E-state index in [9.17, 15) is 14.9 Å². The van der Waals surface area contributed by atoms with Crippen molar-refractivity contribution in [3.05, 3.63) is 22.5 Å². The van der Waals surface area contributed by atoms with Gasteiger partial charge in [-0.2, -0.15) is 0 Å². The van der Waals surface area contributed by atoms with Crippen LogP contribution in [0, 0.1) is 10.1 Å². The van der Waals surface area contributed by atoms with E-state index >= 15 is 0 Å². The number of aromatic nitrogens is 2. The molecule has 0 aliphatic rings. The number of nitro groups is 1. The number of carbonyl (C=O) groups is 1. The molecule has 6 heteroatoms. The Morgan fingerprint density at radius 3 is 3.08 bits per heavy atom. The van der Waals surface area contributed by atoms with Crippen LogP contribution in [-0.4, -0.2) is 20.8 Å². The Hall–Kier alpha value is -1.72. The van der Waals surface area contributed by atoms with Crippen molar-refractivity contribution in [3.8, 4) is 0 Å². The van der Waals surface area contributed by atoms with Crippen molar-refractivity contribution in [1.82, 2.24) is 9.55 Å². The average molecular weight is 169 g/mol. The van der Waals surface area contributed by atoms with E-state index in [4.69, 9.17) is 0 Å². The largest absolute Gasteiger partial charge is 0.434 e. The second-order valence-corrected chi connectivity index (χ2v) is 2.13. The molecule has 0 spiro atoms. The zero-order valence-electron chi connectivity index (χ0n) is 6.21. The van der Waals surface area contributed by atoms with Crippen LogP contribution in [0.4, 0.5) is 5.95 Å². The first-order valence-corrected chi connectivity index (χ1v) is 3.35. The molecular weight excluding hydrogens is 162 g/mol. The van der Waals surface area contributed by atoms with Crippen LogP contribution in [-0.2, 0) is 11.3 Å². The average Bonchev–Trinajstić information content (AvgIpc) is 2.48. The maximum Gasteiger partial charge on any atom is 0.434 e. The molecule has 1 aromatic rings. The van der Waals surface area contributed by atoms with Crippen LogP contribution in [0.1, 0.15) is 6.42 Å². The smallest absolute Gasteiger partial charge is 0.390 e. The van der Waals surface area contributed by atoms with Crippen LogP contribution in [0.5, 0.6) is 0 Å². The number of hydrogen-bond donors (Lipinski definition) is 0. The summed E-state index contributed by atoms with van der Waals surface area (Å²) >= 11 is 0. The first-order chi connectivity index (χ1) is 5.75. The lowest BCUT2D eigenvalue weighted by atomic mass is 10.5. The molecular formula is C6H7N3O3. The van der Waals surface area contributed by atoms with Gasteiger partial charge in [-0.3, -0.25) is 0 Å². The molecule has 0 atom stereocenters.